The molecule has 0 saturated heterocycles. The van der Waals surface area contributed by atoms with Gasteiger partial charge in [-0.25, -0.2) is 9.37 Å². The van der Waals surface area contributed by atoms with E-state index < -0.39 is 35.8 Å². The monoisotopic (exact) mass is 704 g/mol. The number of hydrogen-bond donors (Lipinski definition) is 6. The lowest BCUT2D eigenvalue weighted by Gasteiger charge is -2.28. The number of nitrogens with zero attached hydrogens (tertiary/aromatic N) is 2. The predicted molar refractivity (Wildman–Crippen MR) is 190 cm³/mol. The molecule has 1 aromatic heterocycles. The average molecular weight is 705 g/mol. The summed E-state index contributed by atoms with van der Waals surface area (Å²) < 4.78 is 19.4. The summed E-state index contributed by atoms with van der Waals surface area (Å²) in [5.41, 5.74) is 12.5. The number of aromatic nitrogens is 1. The number of amides is 4. The molecule has 0 unspecified atom stereocenters. The molecule has 3 atom stereocenters. The van der Waals surface area contributed by atoms with Gasteiger partial charge in [-0.3, -0.25) is 24.2 Å². The molecule has 1 fully saturated rings. The quantitative estimate of drug-likeness (QED) is 0.0695. The number of hydrogen-bond acceptors (Lipinski definition) is 7. The lowest BCUT2D eigenvalue weighted by atomic mass is 9.84. The number of aryl methyl sites for hydroxylation is 1. The van der Waals surface area contributed by atoms with Crippen LogP contribution in [0.3, 0.4) is 0 Å². The molecule has 0 radical (unpaired) electrons. The third-order valence-electron chi connectivity index (χ3n) is 8.86. The Balaban J connectivity index is 1.52. The van der Waals surface area contributed by atoms with Gasteiger partial charge in [-0.15, -0.1) is 0 Å². The van der Waals surface area contributed by atoms with Crippen LogP contribution in [0, 0.1) is 18.7 Å². The van der Waals surface area contributed by atoms with Crippen molar-refractivity contribution in [3.8, 4) is 0 Å². The average Bonchev–Trinajstić information content (AvgIpc) is 3.51. The van der Waals surface area contributed by atoms with Crippen molar-refractivity contribution in [3.63, 3.8) is 0 Å². The van der Waals surface area contributed by atoms with Crippen LogP contribution in [0.15, 0.2) is 64.0 Å². The maximum atomic E-state index is 14.0. The standard InChI is InChI=1S/C37H49FN8O5/c1-23-32(46-36(51-23)31(43-24(2)47)21-26-15-17-28(38)18-16-26)35(50)45-30(20-25-10-5-3-6-11-25)34(49)44-29(14-9-19-41-37(39)40)33(48)42-22-27-12-7-4-8-13-27/h4,7-8,12-13,15-18,25,29-31H,3,5-6,9-11,14,19-22H2,1-2H3,(H,42,48)(H,43,47)(H,44,49)(H,45,50)(H4,39,40,41)/t29-,30-,31-/m0/s1. The largest absolute Gasteiger partial charge is 0.443 e. The number of oxazole rings is 1. The first-order chi connectivity index (χ1) is 24.5. The Morgan fingerprint density at radius 2 is 1.63 bits per heavy atom. The van der Waals surface area contributed by atoms with E-state index in [0.29, 0.717) is 12.8 Å². The highest BCUT2D eigenvalue weighted by Gasteiger charge is 2.32. The number of rotatable bonds is 17. The maximum Gasteiger partial charge on any atom is 0.274 e. The summed E-state index contributed by atoms with van der Waals surface area (Å²) >= 11 is 0. The van der Waals surface area contributed by atoms with Crippen LogP contribution in [-0.2, 0) is 27.3 Å². The van der Waals surface area contributed by atoms with Crippen molar-refractivity contribution in [1.29, 1.82) is 0 Å². The van der Waals surface area contributed by atoms with Crippen molar-refractivity contribution in [3.05, 3.63) is 88.9 Å². The van der Waals surface area contributed by atoms with Gasteiger partial charge in [0, 0.05) is 26.4 Å². The lowest BCUT2D eigenvalue weighted by Crippen LogP contribution is -2.54. The van der Waals surface area contributed by atoms with Gasteiger partial charge < -0.3 is 37.2 Å². The fraction of sp³-hybridized carbons (Fsp3) is 0.459. The van der Waals surface area contributed by atoms with Gasteiger partial charge in [-0.2, -0.15) is 0 Å². The molecule has 3 aromatic rings. The second-order valence-corrected chi connectivity index (χ2v) is 13.0. The second kappa shape index (κ2) is 19.2. The number of nitrogens with two attached hydrogens (primary N) is 2. The highest BCUT2D eigenvalue weighted by Crippen LogP contribution is 2.28. The Morgan fingerprint density at radius 3 is 2.29 bits per heavy atom. The van der Waals surface area contributed by atoms with Crippen molar-refractivity contribution in [2.45, 2.75) is 96.3 Å². The van der Waals surface area contributed by atoms with Gasteiger partial charge in [0.2, 0.25) is 23.6 Å². The van der Waals surface area contributed by atoms with Crippen molar-refractivity contribution in [1.82, 2.24) is 26.3 Å². The third kappa shape index (κ3) is 12.5. The molecule has 0 spiro atoms. The first-order valence-corrected chi connectivity index (χ1v) is 17.5. The van der Waals surface area contributed by atoms with Crippen LogP contribution in [0.2, 0.25) is 0 Å². The number of halogens is 1. The molecule has 8 N–H and O–H groups in total. The number of aliphatic imine (C=N–C) groups is 1. The first-order valence-electron chi connectivity index (χ1n) is 17.5. The minimum atomic E-state index is -0.965. The molecule has 2 aromatic carbocycles. The summed E-state index contributed by atoms with van der Waals surface area (Å²) in [6.07, 6.45) is 6.35. The van der Waals surface area contributed by atoms with E-state index in [1.165, 1.54) is 19.1 Å². The van der Waals surface area contributed by atoms with E-state index in [4.69, 9.17) is 15.9 Å². The fourth-order valence-corrected chi connectivity index (χ4v) is 6.25. The zero-order valence-electron chi connectivity index (χ0n) is 29.3. The summed E-state index contributed by atoms with van der Waals surface area (Å²) in [7, 11) is 0. The fourth-order valence-electron chi connectivity index (χ4n) is 6.25. The zero-order chi connectivity index (χ0) is 36.8. The molecule has 4 rings (SSSR count). The molecular weight excluding hydrogens is 655 g/mol. The van der Waals surface area contributed by atoms with Crippen molar-refractivity contribution < 1.29 is 28.0 Å². The molecule has 0 aliphatic heterocycles. The molecule has 1 heterocycles. The molecule has 4 amide bonds. The SMILES string of the molecule is CC(=O)N[C@@H](Cc1ccc(F)cc1)c1nc(C(=O)N[C@@H](CC2CCCCC2)C(=O)N[C@@H](CCCN=C(N)N)C(=O)NCc2ccccc2)c(C)o1. The van der Waals surface area contributed by atoms with Crippen LogP contribution in [-0.4, -0.2) is 53.2 Å². The number of benzene rings is 2. The van der Waals surface area contributed by atoms with Gasteiger partial charge in [0.15, 0.2) is 11.7 Å². The van der Waals surface area contributed by atoms with Crippen LogP contribution < -0.4 is 32.7 Å². The summed E-state index contributed by atoms with van der Waals surface area (Å²) in [5, 5.41) is 11.4. The van der Waals surface area contributed by atoms with Crippen molar-refractivity contribution in [2.24, 2.45) is 22.4 Å². The number of nitrogens with one attached hydrogen (secondary N) is 4. The smallest absolute Gasteiger partial charge is 0.274 e. The highest BCUT2D eigenvalue weighted by atomic mass is 19.1. The number of carbonyl (C=O) groups is 4. The van der Waals surface area contributed by atoms with Gasteiger partial charge in [-0.05, 0) is 55.4 Å². The molecule has 0 bridgehead atoms. The summed E-state index contributed by atoms with van der Waals surface area (Å²) in [6, 6.07) is 12.6. The minimum absolute atomic E-state index is 0.0321. The number of carbonyl (C=O) groups excluding carboxylic acids is 4. The Morgan fingerprint density at radius 1 is 0.922 bits per heavy atom. The van der Waals surface area contributed by atoms with Gasteiger partial charge in [-0.1, -0.05) is 74.6 Å². The van der Waals surface area contributed by atoms with E-state index in [1.54, 1.807) is 19.1 Å². The molecule has 51 heavy (non-hydrogen) atoms. The normalized spacial score (nSPS) is 14.8. The van der Waals surface area contributed by atoms with Crippen LogP contribution >= 0.6 is 0 Å². The topological polar surface area (TPSA) is 207 Å². The van der Waals surface area contributed by atoms with Crippen molar-refractivity contribution >= 4 is 29.6 Å². The van der Waals surface area contributed by atoms with Crippen LogP contribution in [0.5, 0.6) is 0 Å². The van der Waals surface area contributed by atoms with Crippen molar-refractivity contribution in [2.75, 3.05) is 6.54 Å². The van der Waals surface area contributed by atoms with Gasteiger partial charge in [0.25, 0.3) is 5.91 Å². The Bertz CT molecular complexity index is 1640. The van der Waals surface area contributed by atoms with Gasteiger partial charge in [0.05, 0.1) is 0 Å². The number of guanidine groups is 1. The second-order valence-electron chi connectivity index (χ2n) is 13.0. The Kier molecular flexibility index (Phi) is 14.5. The zero-order valence-corrected chi connectivity index (χ0v) is 29.3. The van der Waals surface area contributed by atoms with E-state index in [1.807, 2.05) is 30.3 Å². The summed E-state index contributed by atoms with van der Waals surface area (Å²) in [4.78, 5) is 61.6. The van der Waals surface area contributed by atoms with Crippen LogP contribution in [0.4, 0.5) is 4.39 Å². The van der Waals surface area contributed by atoms with E-state index in [-0.39, 0.29) is 67.0 Å². The molecule has 13 nitrogen and oxygen atoms in total. The highest BCUT2D eigenvalue weighted by molar-refractivity contribution is 5.97. The lowest BCUT2D eigenvalue weighted by molar-refractivity contribution is -0.130. The Hall–Kier alpha value is -5.27. The molecule has 14 heteroatoms. The first kappa shape index (κ1) is 38.5. The van der Waals surface area contributed by atoms with Gasteiger partial charge in [0.1, 0.15) is 29.7 Å². The van der Waals surface area contributed by atoms with Crippen LogP contribution in [0.1, 0.15) is 97.6 Å². The third-order valence-corrected chi connectivity index (χ3v) is 8.86. The van der Waals surface area contributed by atoms with E-state index >= 15 is 0 Å². The minimum Gasteiger partial charge on any atom is -0.443 e. The Labute approximate surface area is 297 Å². The summed E-state index contributed by atoms with van der Waals surface area (Å²) in [6.45, 7) is 3.48. The molecule has 1 aliphatic carbocycles. The van der Waals surface area contributed by atoms with E-state index in [2.05, 4.69) is 31.2 Å². The van der Waals surface area contributed by atoms with Gasteiger partial charge >= 0.3 is 0 Å². The molecule has 274 valence electrons. The molecule has 1 aliphatic rings. The summed E-state index contributed by atoms with van der Waals surface area (Å²) in [5.74, 6) is -1.79. The molecule has 1 saturated carbocycles. The van der Waals surface area contributed by atoms with E-state index in [9.17, 15) is 23.6 Å². The van der Waals surface area contributed by atoms with Crippen LogP contribution in [0.25, 0.3) is 0 Å². The van der Waals surface area contributed by atoms with E-state index in [0.717, 1.165) is 43.2 Å². The maximum absolute atomic E-state index is 14.0. The molecular formula is C37H49FN8O5. The predicted octanol–water partition coefficient (Wildman–Crippen LogP) is 3.47.